The Morgan fingerprint density at radius 3 is 2.52 bits per heavy atom. The number of non-ortho nitro benzene ring substituents is 1. The van der Waals surface area contributed by atoms with Crippen molar-refractivity contribution in [1.29, 1.82) is 0 Å². The van der Waals surface area contributed by atoms with Crippen molar-refractivity contribution < 1.29 is 19.2 Å². The van der Waals surface area contributed by atoms with E-state index in [9.17, 15) is 19.7 Å². The summed E-state index contributed by atoms with van der Waals surface area (Å²) >= 11 is 0. The van der Waals surface area contributed by atoms with Gasteiger partial charge >= 0.3 is 5.97 Å². The second kappa shape index (κ2) is 10.4. The van der Waals surface area contributed by atoms with Gasteiger partial charge in [0.2, 0.25) is 0 Å². The number of benzene rings is 2. The predicted molar refractivity (Wildman–Crippen MR) is 119 cm³/mol. The molecule has 1 N–H and O–H groups in total. The lowest BCUT2D eigenvalue weighted by atomic mass is 10.1. The largest absolute Gasteiger partial charge is 0.449 e. The zero-order chi connectivity index (χ0) is 22.2. The summed E-state index contributed by atoms with van der Waals surface area (Å²) in [4.78, 5) is 36.9. The lowest BCUT2D eigenvalue weighted by molar-refractivity contribution is -0.384. The minimum absolute atomic E-state index is 0.0745. The van der Waals surface area contributed by atoms with Crippen LogP contribution in [0.3, 0.4) is 0 Å². The molecule has 1 aliphatic heterocycles. The highest BCUT2D eigenvalue weighted by Gasteiger charge is 2.17. The van der Waals surface area contributed by atoms with Crippen molar-refractivity contribution in [3.8, 4) is 0 Å². The van der Waals surface area contributed by atoms with E-state index in [1.54, 1.807) is 6.07 Å². The first-order valence-corrected chi connectivity index (χ1v) is 10.2. The van der Waals surface area contributed by atoms with Crippen LogP contribution in [0.25, 0.3) is 6.08 Å². The van der Waals surface area contributed by atoms with Crippen LogP contribution in [-0.4, -0.2) is 36.0 Å². The van der Waals surface area contributed by atoms with Gasteiger partial charge in [-0.05, 0) is 62.1 Å². The number of amides is 1. The van der Waals surface area contributed by atoms with Gasteiger partial charge in [-0.25, -0.2) is 4.79 Å². The van der Waals surface area contributed by atoms with Crippen LogP contribution < -0.4 is 10.2 Å². The van der Waals surface area contributed by atoms with Crippen LogP contribution >= 0.6 is 0 Å². The lowest BCUT2D eigenvalue weighted by Crippen LogP contribution is -2.30. The van der Waals surface area contributed by atoms with Gasteiger partial charge in [-0.1, -0.05) is 12.1 Å². The highest BCUT2D eigenvalue weighted by Crippen LogP contribution is 2.22. The highest BCUT2D eigenvalue weighted by atomic mass is 16.6. The summed E-state index contributed by atoms with van der Waals surface area (Å²) in [5.41, 5.74) is 2.16. The van der Waals surface area contributed by atoms with E-state index in [-0.39, 0.29) is 5.69 Å². The minimum Gasteiger partial charge on any atom is -0.449 e. The number of hydrogen-bond acceptors (Lipinski definition) is 6. The van der Waals surface area contributed by atoms with Crippen molar-refractivity contribution >= 4 is 35.0 Å². The molecule has 8 nitrogen and oxygen atoms in total. The Labute approximate surface area is 180 Å². The molecule has 0 aliphatic carbocycles. The van der Waals surface area contributed by atoms with E-state index in [4.69, 9.17) is 4.74 Å². The van der Waals surface area contributed by atoms with Gasteiger partial charge in [0.15, 0.2) is 6.10 Å². The first-order chi connectivity index (χ1) is 14.9. The fourth-order valence-corrected chi connectivity index (χ4v) is 3.32. The molecule has 1 fully saturated rings. The predicted octanol–water partition coefficient (Wildman–Crippen LogP) is 4.17. The molecule has 0 saturated carbocycles. The third kappa shape index (κ3) is 6.40. The maximum absolute atomic E-state index is 12.3. The zero-order valence-corrected chi connectivity index (χ0v) is 17.3. The molecule has 1 heterocycles. The maximum Gasteiger partial charge on any atom is 0.331 e. The molecule has 1 atom stereocenters. The van der Waals surface area contributed by atoms with E-state index in [0.29, 0.717) is 11.3 Å². The summed E-state index contributed by atoms with van der Waals surface area (Å²) in [5.74, 6) is -1.16. The fraction of sp³-hybridized carbons (Fsp3) is 0.304. The molecule has 162 valence electrons. The van der Waals surface area contributed by atoms with Crippen LogP contribution in [0.15, 0.2) is 54.6 Å². The van der Waals surface area contributed by atoms with Crippen LogP contribution in [0.1, 0.15) is 31.7 Å². The average molecular weight is 423 g/mol. The molecule has 0 radical (unpaired) electrons. The van der Waals surface area contributed by atoms with E-state index < -0.39 is 22.9 Å². The molecule has 1 saturated heterocycles. The fourth-order valence-electron chi connectivity index (χ4n) is 3.32. The molecular formula is C23H25N3O5. The van der Waals surface area contributed by atoms with E-state index in [1.807, 2.05) is 24.3 Å². The molecule has 3 rings (SSSR count). The highest BCUT2D eigenvalue weighted by molar-refractivity contribution is 5.96. The molecule has 8 heteroatoms. The minimum atomic E-state index is -0.996. The molecule has 1 amide bonds. The number of carbonyl (C=O) groups is 2. The molecule has 31 heavy (non-hydrogen) atoms. The van der Waals surface area contributed by atoms with Gasteiger partial charge in [-0.3, -0.25) is 14.9 Å². The number of hydrogen-bond donors (Lipinski definition) is 1. The monoisotopic (exact) mass is 423 g/mol. The number of nitro benzene ring substituents is 1. The normalized spacial score (nSPS) is 14.8. The van der Waals surface area contributed by atoms with Crippen molar-refractivity contribution in [3.05, 3.63) is 70.3 Å². The van der Waals surface area contributed by atoms with Gasteiger partial charge in [0, 0.05) is 42.7 Å². The summed E-state index contributed by atoms with van der Waals surface area (Å²) < 4.78 is 5.12. The second-order valence-corrected chi connectivity index (χ2v) is 7.35. The molecule has 0 aromatic heterocycles. The number of nitrogens with one attached hydrogen (secondary N) is 1. The summed E-state index contributed by atoms with van der Waals surface area (Å²) in [5, 5.41) is 13.5. The van der Waals surface area contributed by atoms with Gasteiger partial charge < -0.3 is 15.0 Å². The topological polar surface area (TPSA) is 102 Å². The van der Waals surface area contributed by atoms with Crippen molar-refractivity contribution in [1.82, 2.24) is 0 Å². The number of nitrogens with zero attached hydrogens (tertiary/aromatic N) is 2. The van der Waals surface area contributed by atoms with Crippen LogP contribution in [0.4, 0.5) is 17.1 Å². The third-order valence-electron chi connectivity index (χ3n) is 5.01. The zero-order valence-electron chi connectivity index (χ0n) is 17.3. The quantitative estimate of drug-likeness (QED) is 0.310. The van der Waals surface area contributed by atoms with E-state index in [1.165, 1.54) is 50.5 Å². The number of esters is 1. The summed E-state index contributed by atoms with van der Waals surface area (Å²) in [6.07, 6.45) is 5.19. The van der Waals surface area contributed by atoms with E-state index >= 15 is 0 Å². The van der Waals surface area contributed by atoms with Crippen molar-refractivity contribution in [2.45, 2.75) is 32.3 Å². The Morgan fingerprint density at radius 1 is 1.13 bits per heavy atom. The molecule has 2 aromatic rings. The SMILES string of the molecule is C[C@H](OC(=O)/C=C/c1cccc([N+](=O)[O-])c1)C(=O)Nc1ccc(N2CCCCC2)cc1. The first kappa shape index (κ1) is 22.0. The molecule has 0 spiro atoms. The molecule has 0 bridgehead atoms. The lowest BCUT2D eigenvalue weighted by Gasteiger charge is -2.28. The summed E-state index contributed by atoms with van der Waals surface area (Å²) in [6.45, 7) is 3.57. The van der Waals surface area contributed by atoms with Crippen LogP contribution in [0, 0.1) is 10.1 Å². The van der Waals surface area contributed by atoms with E-state index in [0.717, 1.165) is 24.9 Å². The van der Waals surface area contributed by atoms with Crippen molar-refractivity contribution in [2.24, 2.45) is 0 Å². The smallest absolute Gasteiger partial charge is 0.331 e. The first-order valence-electron chi connectivity index (χ1n) is 10.2. The molecule has 0 unspecified atom stereocenters. The van der Waals surface area contributed by atoms with Crippen molar-refractivity contribution in [2.75, 3.05) is 23.3 Å². The Morgan fingerprint density at radius 2 is 1.84 bits per heavy atom. The summed E-state index contributed by atoms with van der Waals surface area (Å²) in [6, 6.07) is 13.5. The van der Waals surface area contributed by atoms with Gasteiger partial charge in [-0.2, -0.15) is 0 Å². The van der Waals surface area contributed by atoms with E-state index in [2.05, 4.69) is 10.2 Å². The standard InChI is InChI=1S/C23H25N3O5/c1-17(31-22(27)13-8-18-6-5-7-21(16-18)26(29)30)23(28)24-19-9-11-20(12-10-19)25-14-3-2-4-15-25/h5-13,16-17H,2-4,14-15H2,1H3,(H,24,28)/b13-8+/t17-/m0/s1. The number of carbonyl (C=O) groups excluding carboxylic acids is 2. The third-order valence-corrected chi connectivity index (χ3v) is 5.01. The maximum atomic E-state index is 12.3. The number of piperidine rings is 1. The molecule has 1 aliphatic rings. The molecular weight excluding hydrogens is 398 g/mol. The Hall–Kier alpha value is -3.68. The number of anilines is 2. The van der Waals surface area contributed by atoms with Crippen LogP contribution in [-0.2, 0) is 14.3 Å². The average Bonchev–Trinajstić information content (AvgIpc) is 2.79. The summed E-state index contributed by atoms with van der Waals surface area (Å²) in [7, 11) is 0. The Bertz CT molecular complexity index is 965. The van der Waals surface area contributed by atoms with Gasteiger partial charge in [0.1, 0.15) is 0 Å². The second-order valence-electron chi connectivity index (χ2n) is 7.35. The Balaban J connectivity index is 1.51. The molecule has 2 aromatic carbocycles. The van der Waals surface area contributed by atoms with Gasteiger partial charge in [0.25, 0.3) is 11.6 Å². The number of ether oxygens (including phenoxy) is 1. The van der Waals surface area contributed by atoms with Crippen LogP contribution in [0.2, 0.25) is 0 Å². The Kier molecular flexibility index (Phi) is 7.37. The number of nitro groups is 1. The van der Waals surface area contributed by atoms with Gasteiger partial charge in [-0.15, -0.1) is 0 Å². The number of rotatable bonds is 7. The van der Waals surface area contributed by atoms with Crippen molar-refractivity contribution in [3.63, 3.8) is 0 Å². The van der Waals surface area contributed by atoms with Gasteiger partial charge in [0.05, 0.1) is 4.92 Å². The van der Waals surface area contributed by atoms with Crippen LogP contribution in [0.5, 0.6) is 0 Å².